The molecule has 0 bridgehead atoms. The number of aromatic nitrogens is 3. The molecule has 0 radical (unpaired) electrons. The van der Waals surface area contributed by atoms with Gasteiger partial charge in [-0.3, -0.25) is 4.79 Å². The first kappa shape index (κ1) is 14.1. The van der Waals surface area contributed by atoms with E-state index in [1.54, 1.807) is 4.68 Å². The molecule has 1 aliphatic rings. The molecule has 0 saturated carbocycles. The van der Waals surface area contributed by atoms with Gasteiger partial charge in [-0.15, -0.1) is 5.10 Å². The molecule has 2 heterocycles. The lowest BCUT2D eigenvalue weighted by atomic mass is 10.2. The third-order valence-corrected chi connectivity index (χ3v) is 3.74. The van der Waals surface area contributed by atoms with E-state index in [0.717, 1.165) is 25.2 Å². The monoisotopic (exact) mass is 357 g/mol. The Morgan fingerprint density at radius 2 is 2.14 bits per heavy atom. The van der Waals surface area contributed by atoms with E-state index in [9.17, 15) is 13.6 Å². The smallest absolute Gasteiger partial charge is 0.277 e. The van der Waals surface area contributed by atoms with Crippen LogP contribution >= 0.6 is 15.9 Å². The molecule has 6 nitrogen and oxygen atoms in total. The number of benzene rings is 1. The fourth-order valence-electron chi connectivity index (χ4n) is 1.82. The van der Waals surface area contributed by atoms with Crippen LogP contribution in [-0.2, 0) is 0 Å². The highest BCUT2D eigenvalue weighted by atomic mass is 79.9. The van der Waals surface area contributed by atoms with Crippen molar-refractivity contribution in [2.75, 3.05) is 18.4 Å². The van der Waals surface area contributed by atoms with Gasteiger partial charge >= 0.3 is 0 Å². The van der Waals surface area contributed by atoms with Crippen molar-refractivity contribution in [3.63, 3.8) is 0 Å². The second-order valence-electron chi connectivity index (χ2n) is 4.60. The molecule has 3 rings (SSSR count). The van der Waals surface area contributed by atoms with Crippen molar-refractivity contribution in [3.8, 4) is 0 Å². The Hall–Kier alpha value is -1.87. The number of carbonyl (C=O) groups is 1. The standard InChI is InChI=1S/C12H10BrF2N5O/c13-7-1-9(15)10(2-8(7)14)17-12(21)11-5-20(19-18-11)6-3-16-4-6/h1-2,5-6,16H,3-4H2,(H,17,21). The molecule has 110 valence electrons. The van der Waals surface area contributed by atoms with Gasteiger partial charge in [0.15, 0.2) is 5.69 Å². The van der Waals surface area contributed by atoms with Crippen molar-refractivity contribution in [3.05, 3.63) is 40.1 Å². The molecule has 0 atom stereocenters. The minimum atomic E-state index is -0.743. The van der Waals surface area contributed by atoms with Gasteiger partial charge in [-0.05, 0) is 22.0 Å². The zero-order chi connectivity index (χ0) is 15.0. The van der Waals surface area contributed by atoms with Crippen LogP contribution in [0.5, 0.6) is 0 Å². The van der Waals surface area contributed by atoms with E-state index in [1.807, 2.05) is 0 Å². The minimum Gasteiger partial charge on any atom is -0.318 e. The van der Waals surface area contributed by atoms with E-state index in [-0.39, 0.29) is 21.9 Å². The van der Waals surface area contributed by atoms with Crippen LogP contribution in [0.15, 0.2) is 22.8 Å². The number of anilines is 1. The van der Waals surface area contributed by atoms with E-state index >= 15 is 0 Å². The predicted molar refractivity (Wildman–Crippen MR) is 73.9 cm³/mol. The number of amides is 1. The van der Waals surface area contributed by atoms with Crippen LogP contribution in [0.25, 0.3) is 0 Å². The molecule has 1 amide bonds. The molecular formula is C12H10BrF2N5O. The summed E-state index contributed by atoms with van der Waals surface area (Å²) >= 11 is 2.87. The van der Waals surface area contributed by atoms with E-state index in [1.165, 1.54) is 6.20 Å². The van der Waals surface area contributed by atoms with Gasteiger partial charge in [-0.25, -0.2) is 13.5 Å². The summed E-state index contributed by atoms with van der Waals surface area (Å²) in [4.78, 5) is 12.0. The van der Waals surface area contributed by atoms with Crippen LogP contribution in [0, 0.1) is 11.6 Å². The summed E-state index contributed by atoms with van der Waals surface area (Å²) < 4.78 is 28.6. The Kier molecular flexibility index (Phi) is 3.68. The molecule has 0 spiro atoms. The van der Waals surface area contributed by atoms with E-state index < -0.39 is 17.5 Å². The highest BCUT2D eigenvalue weighted by Gasteiger charge is 2.22. The number of hydrogen-bond donors (Lipinski definition) is 2. The topological polar surface area (TPSA) is 71.8 Å². The molecule has 9 heteroatoms. The number of rotatable bonds is 3. The molecule has 0 aliphatic carbocycles. The second kappa shape index (κ2) is 5.49. The van der Waals surface area contributed by atoms with E-state index in [0.29, 0.717) is 0 Å². The minimum absolute atomic E-state index is 0.0126. The molecule has 1 saturated heterocycles. The van der Waals surface area contributed by atoms with Crippen molar-refractivity contribution < 1.29 is 13.6 Å². The van der Waals surface area contributed by atoms with Gasteiger partial charge in [0.2, 0.25) is 0 Å². The molecule has 1 aromatic carbocycles. The summed E-state index contributed by atoms with van der Waals surface area (Å²) in [6.45, 7) is 1.52. The maximum Gasteiger partial charge on any atom is 0.277 e. The summed E-state index contributed by atoms with van der Waals surface area (Å²) in [7, 11) is 0. The predicted octanol–water partition coefficient (Wildman–Crippen LogP) is 1.72. The van der Waals surface area contributed by atoms with Crippen LogP contribution in [-0.4, -0.2) is 34.0 Å². The first-order valence-corrected chi connectivity index (χ1v) is 6.92. The summed E-state index contributed by atoms with van der Waals surface area (Å²) in [6.07, 6.45) is 1.48. The lowest BCUT2D eigenvalue weighted by Crippen LogP contribution is -2.43. The zero-order valence-corrected chi connectivity index (χ0v) is 12.2. The lowest BCUT2D eigenvalue weighted by molar-refractivity contribution is 0.102. The fourth-order valence-corrected chi connectivity index (χ4v) is 2.14. The number of nitrogens with one attached hydrogen (secondary N) is 2. The summed E-state index contributed by atoms with van der Waals surface area (Å²) in [5, 5.41) is 12.9. The average molecular weight is 358 g/mol. The first-order valence-electron chi connectivity index (χ1n) is 6.13. The maximum absolute atomic E-state index is 13.6. The van der Waals surface area contributed by atoms with Crippen molar-refractivity contribution >= 4 is 27.5 Å². The Morgan fingerprint density at radius 3 is 2.81 bits per heavy atom. The first-order chi connectivity index (χ1) is 10.0. The van der Waals surface area contributed by atoms with Crippen LogP contribution in [0.4, 0.5) is 14.5 Å². The second-order valence-corrected chi connectivity index (χ2v) is 5.45. The number of halogens is 3. The van der Waals surface area contributed by atoms with Crippen LogP contribution < -0.4 is 10.6 Å². The molecule has 1 fully saturated rings. The third kappa shape index (κ3) is 2.79. The molecule has 1 aliphatic heterocycles. The van der Waals surface area contributed by atoms with Gasteiger partial charge in [0.05, 0.1) is 22.4 Å². The molecule has 2 aromatic rings. The van der Waals surface area contributed by atoms with Crippen LogP contribution in [0.2, 0.25) is 0 Å². The van der Waals surface area contributed by atoms with Gasteiger partial charge in [-0.1, -0.05) is 5.21 Å². The highest BCUT2D eigenvalue weighted by Crippen LogP contribution is 2.23. The quantitative estimate of drug-likeness (QED) is 0.820. The SMILES string of the molecule is O=C(Nc1cc(F)c(Br)cc1F)c1cn(C2CNC2)nn1. The van der Waals surface area contributed by atoms with Crippen LogP contribution in [0.3, 0.4) is 0 Å². The number of hydrogen-bond acceptors (Lipinski definition) is 4. The van der Waals surface area contributed by atoms with Gasteiger partial charge in [0.25, 0.3) is 5.91 Å². The molecule has 0 unspecified atom stereocenters. The van der Waals surface area contributed by atoms with Crippen LogP contribution in [0.1, 0.15) is 16.5 Å². The Bertz CT molecular complexity index is 701. The molecular weight excluding hydrogens is 348 g/mol. The lowest BCUT2D eigenvalue weighted by Gasteiger charge is -2.26. The third-order valence-electron chi connectivity index (χ3n) is 3.14. The van der Waals surface area contributed by atoms with Crippen molar-refractivity contribution in [1.29, 1.82) is 0 Å². The maximum atomic E-state index is 13.6. The van der Waals surface area contributed by atoms with Crippen molar-refractivity contribution in [2.45, 2.75) is 6.04 Å². The van der Waals surface area contributed by atoms with Gasteiger partial charge in [0, 0.05) is 19.2 Å². The van der Waals surface area contributed by atoms with Gasteiger partial charge in [0.1, 0.15) is 11.6 Å². The Morgan fingerprint density at radius 1 is 1.38 bits per heavy atom. The summed E-state index contributed by atoms with van der Waals surface area (Å²) in [5.41, 5.74) is -0.204. The van der Waals surface area contributed by atoms with E-state index in [2.05, 4.69) is 36.9 Å². The van der Waals surface area contributed by atoms with Crippen molar-refractivity contribution in [1.82, 2.24) is 20.3 Å². The number of carbonyl (C=O) groups excluding carboxylic acids is 1. The van der Waals surface area contributed by atoms with Crippen molar-refractivity contribution in [2.24, 2.45) is 0 Å². The average Bonchev–Trinajstić information content (AvgIpc) is 2.83. The Labute approximate surface area is 126 Å². The number of nitrogens with zero attached hydrogens (tertiary/aromatic N) is 3. The summed E-state index contributed by atoms with van der Waals surface area (Å²) in [5.74, 6) is -2.06. The largest absolute Gasteiger partial charge is 0.318 e. The fraction of sp³-hybridized carbons (Fsp3) is 0.250. The molecule has 2 N–H and O–H groups in total. The zero-order valence-electron chi connectivity index (χ0n) is 10.6. The molecule has 21 heavy (non-hydrogen) atoms. The normalized spacial score (nSPS) is 14.8. The highest BCUT2D eigenvalue weighted by molar-refractivity contribution is 9.10. The summed E-state index contributed by atoms with van der Waals surface area (Å²) in [6, 6.07) is 2.01. The molecule has 1 aromatic heterocycles. The van der Waals surface area contributed by atoms with E-state index in [4.69, 9.17) is 0 Å². The van der Waals surface area contributed by atoms with Gasteiger partial charge in [-0.2, -0.15) is 0 Å². The van der Waals surface area contributed by atoms with Gasteiger partial charge < -0.3 is 10.6 Å². The Balaban J connectivity index is 1.76.